The molecule has 3 rings (SSSR count). The molecule has 1 fully saturated rings. The van der Waals surface area contributed by atoms with E-state index in [1.54, 1.807) is 0 Å². The van der Waals surface area contributed by atoms with Gasteiger partial charge in [0.25, 0.3) is 0 Å². The molecular weight excluding hydrogens is 238 g/mol. The number of β-amino-alcohol motifs (C(OH)–C–C–N with tert-alkyl or cyclic N) is 1. The SMILES string of the molecule is CCC1(O)CN(c2nc3c(cc2C#N)CCCC3)C1. The number of nitriles is 1. The Morgan fingerprint density at radius 1 is 1.42 bits per heavy atom. The maximum absolute atomic E-state index is 10.1. The van der Waals surface area contributed by atoms with Gasteiger partial charge in [-0.15, -0.1) is 0 Å². The quantitative estimate of drug-likeness (QED) is 0.877. The number of hydrogen-bond donors (Lipinski definition) is 1. The molecule has 100 valence electrons. The monoisotopic (exact) mass is 257 g/mol. The zero-order chi connectivity index (χ0) is 13.5. The third-order valence-corrected chi connectivity index (χ3v) is 4.33. The molecule has 0 spiro atoms. The van der Waals surface area contributed by atoms with Gasteiger partial charge in [0.15, 0.2) is 0 Å². The summed E-state index contributed by atoms with van der Waals surface area (Å²) >= 11 is 0. The number of aryl methyl sites for hydroxylation is 2. The number of hydrogen-bond acceptors (Lipinski definition) is 4. The average Bonchev–Trinajstić information content (AvgIpc) is 2.42. The van der Waals surface area contributed by atoms with Crippen molar-refractivity contribution in [1.82, 2.24) is 4.98 Å². The first-order valence-electron chi connectivity index (χ1n) is 7.05. The minimum atomic E-state index is -0.593. The summed E-state index contributed by atoms with van der Waals surface area (Å²) in [5, 5.41) is 19.4. The Kier molecular flexibility index (Phi) is 2.94. The molecule has 1 aliphatic carbocycles. The molecule has 2 aliphatic rings. The lowest BCUT2D eigenvalue weighted by Gasteiger charge is -2.47. The van der Waals surface area contributed by atoms with Crippen LogP contribution in [0.2, 0.25) is 0 Å². The number of aliphatic hydroxyl groups is 1. The van der Waals surface area contributed by atoms with E-state index in [-0.39, 0.29) is 0 Å². The molecule has 2 heterocycles. The maximum Gasteiger partial charge on any atom is 0.147 e. The van der Waals surface area contributed by atoms with Crippen molar-refractivity contribution in [2.45, 2.75) is 44.6 Å². The summed E-state index contributed by atoms with van der Waals surface area (Å²) in [4.78, 5) is 6.72. The van der Waals surface area contributed by atoms with Gasteiger partial charge in [0.2, 0.25) is 0 Å². The number of nitrogens with zero attached hydrogens (tertiary/aromatic N) is 3. The predicted octanol–water partition coefficient (Wildman–Crippen LogP) is 1.79. The highest BCUT2D eigenvalue weighted by molar-refractivity contribution is 5.58. The lowest BCUT2D eigenvalue weighted by molar-refractivity contribution is 0.00801. The summed E-state index contributed by atoms with van der Waals surface area (Å²) in [5.74, 6) is 0.765. The lowest BCUT2D eigenvalue weighted by atomic mass is 9.90. The number of fused-ring (bicyclic) bond motifs is 1. The van der Waals surface area contributed by atoms with Crippen molar-refractivity contribution >= 4 is 5.82 Å². The van der Waals surface area contributed by atoms with Crippen molar-refractivity contribution in [1.29, 1.82) is 5.26 Å². The van der Waals surface area contributed by atoms with Gasteiger partial charge in [0.05, 0.1) is 24.3 Å². The maximum atomic E-state index is 10.1. The van der Waals surface area contributed by atoms with Crippen LogP contribution in [0.25, 0.3) is 0 Å². The van der Waals surface area contributed by atoms with E-state index in [9.17, 15) is 10.4 Å². The van der Waals surface area contributed by atoms with Crippen LogP contribution in [0.15, 0.2) is 6.07 Å². The molecule has 0 bridgehead atoms. The summed E-state index contributed by atoms with van der Waals surface area (Å²) in [6, 6.07) is 4.25. The Bertz CT molecular complexity index is 541. The highest BCUT2D eigenvalue weighted by Gasteiger charge is 2.41. The molecule has 1 N–H and O–H groups in total. The lowest BCUT2D eigenvalue weighted by Crippen LogP contribution is -2.62. The molecule has 1 aromatic heterocycles. The van der Waals surface area contributed by atoms with Gasteiger partial charge >= 0.3 is 0 Å². The first-order chi connectivity index (χ1) is 9.15. The fourth-order valence-electron chi connectivity index (χ4n) is 2.98. The second-order valence-corrected chi connectivity index (χ2v) is 5.72. The van der Waals surface area contributed by atoms with Crippen LogP contribution in [0.1, 0.15) is 43.0 Å². The smallest absolute Gasteiger partial charge is 0.147 e. The van der Waals surface area contributed by atoms with Crippen molar-refractivity contribution in [3.8, 4) is 6.07 Å². The zero-order valence-electron chi connectivity index (χ0n) is 11.3. The summed E-state index contributed by atoms with van der Waals surface area (Å²) in [6.07, 6.45) is 5.18. The highest BCUT2D eigenvalue weighted by atomic mass is 16.3. The summed E-state index contributed by atoms with van der Waals surface area (Å²) in [7, 11) is 0. The van der Waals surface area contributed by atoms with E-state index in [1.165, 1.54) is 18.4 Å². The summed E-state index contributed by atoms with van der Waals surface area (Å²) in [6.45, 7) is 3.16. The van der Waals surface area contributed by atoms with E-state index < -0.39 is 5.60 Å². The van der Waals surface area contributed by atoms with Crippen LogP contribution in [0.5, 0.6) is 0 Å². The number of rotatable bonds is 2. The number of pyridine rings is 1. The molecule has 0 amide bonds. The van der Waals surface area contributed by atoms with E-state index in [1.807, 2.05) is 17.9 Å². The number of aromatic nitrogens is 1. The fraction of sp³-hybridized carbons (Fsp3) is 0.600. The van der Waals surface area contributed by atoms with E-state index in [0.29, 0.717) is 18.7 Å². The Morgan fingerprint density at radius 3 is 2.84 bits per heavy atom. The van der Waals surface area contributed by atoms with Crippen molar-refractivity contribution < 1.29 is 5.11 Å². The standard InChI is InChI=1S/C15H19N3O/c1-2-15(19)9-18(10-15)14-12(8-16)7-11-5-3-4-6-13(11)17-14/h7,19H,2-6,9-10H2,1H3. The molecule has 0 saturated carbocycles. The molecule has 1 saturated heterocycles. The number of anilines is 1. The van der Waals surface area contributed by atoms with Gasteiger partial charge in [-0.3, -0.25) is 0 Å². The molecule has 0 radical (unpaired) electrons. The molecule has 0 atom stereocenters. The van der Waals surface area contributed by atoms with Crippen LogP contribution < -0.4 is 4.90 Å². The van der Waals surface area contributed by atoms with E-state index in [4.69, 9.17) is 4.98 Å². The van der Waals surface area contributed by atoms with Crippen molar-refractivity contribution in [2.75, 3.05) is 18.0 Å². The molecule has 19 heavy (non-hydrogen) atoms. The van der Waals surface area contributed by atoms with Crippen molar-refractivity contribution in [3.05, 3.63) is 22.9 Å². The van der Waals surface area contributed by atoms with Crippen LogP contribution in [-0.4, -0.2) is 28.8 Å². The van der Waals surface area contributed by atoms with Crippen LogP contribution >= 0.6 is 0 Å². The molecular formula is C15H19N3O. The fourth-order valence-corrected chi connectivity index (χ4v) is 2.98. The molecule has 0 aromatic carbocycles. The Morgan fingerprint density at radius 2 is 2.16 bits per heavy atom. The Labute approximate surface area is 113 Å². The van der Waals surface area contributed by atoms with Crippen LogP contribution in [0.4, 0.5) is 5.82 Å². The molecule has 0 unspecified atom stereocenters. The van der Waals surface area contributed by atoms with Crippen molar-refractivity contribution in [3.63, 3.8) is 0 Å². The van der Waals surface area contributed by atoms with Gasteiger partial charge in [-0.05, 0) is 43.7 Å². The third kappa shape index (κ3) is 2.08. The van der Waals surface area contributed by atoms with E-state index in [0.717, 1.165) is 30.8 Å². The first kappa shape index (κ1) is 12.4. The average molecular weight is 257 g/mol. The zero-order valence-corrected chi connectivity index (χ0v) is 11.3. The minimum absolute atomic E-state index is 0.587. The second-order valence-electron chi connectivity index (χ2n) is 5.72. The largest absolute Gasteiger partial charge is 0.386 e. The van der Waals surface area contributed by atoms with Gasteiger partial charge in [0.1, 0.15) is 11.9 Å². The van der Waals surface area contributed by atoms with Gasteiger partial charge in [-0.2, -0.15) is 5.26 Å². The van der Waals surface area contributed by atoms with Gasteiger partial charge < -0.3 is 10.0 Å². The second kappa shape index (κ2) is 4.50. The third-order valence-electron chi connectivity index (χ3n) is 4.33. The predicted molar refractivity (Wildman–Crippen MR) is 73.0 cm³/mol. The van der Waals surface area contributed by atoms with Crippen molar-refractivity contribution in [2.24, 2.45) is 0 Å². The highest BCUT2D eigenvalue weighted by Crippen LogP contribution is 2.33. The topological polar surface area (TPSA) is 60.1 Å². The van der Waals surface area contributed by atoms with Gasteiger partial charge in [-0.1, -0.05) is 6.92 Å². The Balaban J connectivity index is 1.91. The van der Waals surface area contributed by atoms with Crippen LogP contribution in [-0.2, 0) is 12.8 Å². The molecule has 4 nitrogen and oxygen atoms in total. The van der Waals surface area contributed by atoms with Crippen LogP contribution in [0.3, 0.4) is 0 Å². The normalized spacial score (nSPS) is 20.4. The Hall–Kier alpha value is -1.60. The first-order valence-corrected chi connectivity index (χ1v) is 7.05. The van der Waals surface area contributed by atoms with Gasteiger partial charge in [0, 0.05) is 5.69 Å². The molecule has 1 aromatic rings. The molecule has 4 heteroatoms. The van der Waals surface area contributed by atoms with Crippen LogP contribution in [0, 0.1) is 11.3 Å². The summed E-state index contributed by atoms with van der Waals surface area (Å²) in [5.41, 5.74) is 2.44. The van der Waals surface area contributed by atoms with E-state index >= 15 is 0 Å². The molecule has 1 aliphatic heterocycles. The minimum Gasteiger partial charge on any atom is -0.386 e. The summed E-state index contributed by atoms with van der Waals surface area (Å²) < 4.78 is 0. The van der Waals surface area contributed by atoms with Gasteiger partial charge in [-0.25, -0.2) is 4.98 Å². The van der Waals surface area contributed by atoms with E-state index in [2.05, 4.69) is 6.07 Å².